The van der Waals surface area contributed by atoms with Crippen LogP contribution < -0.4 is 19.8 Å². The van der Waals surface area contributed by atoms with Crippen molar-refractivity contribution < 1.29 is 14.3 Å². The van der Waals surface area contributed by atoms with Gasteiger partial charge in [-0.1, -0.05) is 25.1 Å². The molecule has 0 unspecified atom stereocenters. The smallest absolute Gasteiger partial charge is 0.341 e. The number of ether oxygens (including phenoxy) is 2. The van der Waals surface area contributed by atoms with E-state index >= 15 is 0 Å². The molecule has 1 aromatic heterocycles. The minimum atomic E-state index is -0.307. The average molecular weight is 381 g/mol. The maximum atomic E-state index is 12.9. The minimum Gasteiger partial charge on any atom is -0.493 e. The van der Waals surface area contributed by atoms with Crippen LogP contribution in [0.15, 0.2) is 55.1 Å². The third-order valence-corrected chi connectivity index (χ3v) is 4.31. The van der Waals surface area contributed by atoms with Gasteiger partial charge in [0, 0.05) is 5.69 Å². The van der Waals surface area contributed by atoms with Gasteiger partial charge in [0.05, 0.1) is 20.8 Å². The molecule has 0 spiro atoms. The van der Waals surface area contributed by atoms with Crippen molar-refractivity contribution in [3.63, 3.8) is 0 Å². The van der Waals surface area contributed by atoms with Crippen LogP contribution in [0.2, 0.25) is 0 Å². The van der Waals surface area contributed by atoms with Crippen LogP contribution in [0.4, 0.5) is 10.5 Å². The largest absolute Gasteiger partial charge is 0.493 e. The summed E-state index contributed by atoms with van der Waals surface area (Å²) in [6, 6.07) is 13.0. The van der Waals surface area contributed by atoms with E-state index in [4.69, 9.17) is 9.47 Å². The van der Waals surface area contributed by atoms with Crippen molar-refractivity contribution >= 4 is 11.7 Å². The molecule has 28 heavy (non-hydrogen) atoms. The summed E-state index contributed by atoms with van der Waals surface area (Å²) in [6.45, 7) is 2.38. The van der Waals surface area contributed by atoms with Gasteiger partial charge in [-0.25, -0.2) is 14.5 Å². The number of aryl methyl sites for hydroxylation is 1. The lowest BCUT2D eigenvalue weighted by Crippen LogP contribution is -2.42. The Balaban J connectivity index is 1.82. The van der Waals surface area contributed by atoms with Gasteiger partial charge in [-0.15, -0.1) is 10.2 Å². The molecule has 3 rings (SSSR count). The molecule has 8 heteroatoms. The second-order valence-corrected chi connectivity index (χ2v) is 6.07. The molecule has 0 aliphatic rings. The first-order valence-corrected chi connectivity index (χ1v) is 8.88. The number of hydrogen-bond acceptors (Lipinski definition) is 5. The van der Waals surface area contributed by atoms with Gasteiger partial charge in [-0.2, -0.15) is 0 Å². The van der Waals surface area contributed by atoms with Crippen LogP contribution in [0.5, 0.6) is 11.5 Å². The maximum Gasteiger partial charge on any atom is 0.341 e. The molecule has 0 atom stereocenters. The van der Waals surface area contributed by atoms with E-state index in [1.54, 1.807) is 20.3 Å². The van der Waals surface area contributed by atoms with Gasteiger partial charge in [0.1, 0.15) is 12.7 Å². The Kier molecular flexibility index (Phi) is 6.11. The van der Waals surface area contributed by atoms with Gasteiger partial charge in [0.15, 0.2) is 11.5 Å². The lowest BCUT2D eigenvalue weighted by molar-refractivity contribution is 0.251. The quantitative estimate of drug-likeness (QED) is 0.680. The Bertz CT molecular complexity index is 910. The molecule has 2 aromatic carbocycles. The molecule has 1 N–H and O–H groups in total. The van der Waals surface area contributed by atoms with Crippen molar-refractivity contribution in [2.75, 3.05) is 24.5 Å². The molecule has 1 heterocycles. The van der Waals surface area contributed by atoms with Crippen LogP contribution in [-0.4, -0.2) is 35.1 Å². The van der Waals surface area contributed by atoms with Gasteiger partial charge >= 0.3 is 6.03 Å². The van der Waals surface area contributed by atoms with Gasteiger partial charge in [-0.05, 0) is 41.8 Å². The zero-order chi connectivity index (χ0) is 19.9. The number of nitrogens with zero attached hydrogens (tertiary/aromatic N) is 4. The van der Waals surface area contributed by atoms with E-state index < -0.39 is 0 Å². The van der Waals surface area contributed by atoms with Crippen LogP contribution in [0.1, 0.15) is 18.1 Å². The number of anilines is 1. The highest BCUT2D eigenvalue weighted by Crippen LogP contribution is 2.28. The Morgan fingerprint density at radius 1 is 1.00 bits per heavy atom. The van der Waals surface area contributed by atoms with Gasteiger partial charge in [0.2, 0.25) is 0 Å². The Morgan fingerprint density at radius 2 is 1.64 bits per heavy atom. The molecule has 0 bridgehead atoms. The SMILES string of the molecule is CCc1ccc(NC(=O)N(Cc2ccc(OC)c(OC)c2)n2cnnc2)cc1. The highest BCUT2D eigenvalue weighted by Gasteiger charge is 2.18. The summed E-state index contributed by atoms with van der Waals surface area (Å²) < 4.78 is 12.2. The second-order valence-electron chi connectivity index (χ2n) is 6.07. The molecule has 2 amide bonds. The summed E-state index contributed by atoms with van der Waals surface area (Å²) in [5, 5.41) is 12.0. The van der Waals surface area contributed by atoms with Crippen molar-refractivity contribution in [1.29, 1.82) is 0 Å². The summed E-state index contributed by atoms with van der Waals surface area (Å²) >= 11 is 0. The third kappa shape index (κ3) is 4.40. The van der Waals surface area contributed by atoms with E-state index in [-0.39, 0.29) is 12.6 Å². The van der Waals surface area contributed by atoms with Crippen molar-refractivity contribution in [3.05, 3.63) is 66.2 Å². The second kappa shape index (κ2) is 8.90. The molecule has 0 aliphatic carbocycles. The zero-order valence-corrected chi connectivity index (χ0v) is 16.1. The van der Waals surface area contributed by atoms with Crippen molar-refractivity contribution in [3.8, 4) is 11.5 Å². The third-order valence-electron chi connectivity index (χ3n) is 4.31. The Hall–Kier alpha value is -3.55. The number of aromatic nitrogens is 3. The highest BCUT2D eigenvalue weighted by molar-refractivity contribution is 5.96. The molecular formula is C20H23N5O3. The summed E-state index contributed by atoms with van der Waals surface area (Å²) in [4.78, 5) is 12.9. The number of hydrogen-bond donors (Lipinski definition) is 1. The molecule has 0 aliphatic heterocycles. The number of rotatable bonds is 7. The molecule has 146 valence electrons. The van der Waals surface area contributed by atoms with Crippen LogP contribution in [0.25, 0.3) is 0 Å². The first kappa shape index (κ1) is 19.2. The molecular weight excluding hydrogens is 358 g/mol. The van der Waals surface area contributed by atoms with E-state index in [2.05, 4.69) is 22.4 Å². The molecule has 0 saturated carbocycles. The van der Waals surface area contributed by atoms with E-state index in [9.17, 15) is 4.79 Å². The van der Waals surface area contributed by atoms with Crippen molar-refractivity contribution in [2.24, 2.45) is 0 Å². The van der Waals surface area contributed by atoms with E-state index in [0.29, 0.717) is 17.2 Å². The number of carbonyl (C=O) groups is 1. The van der Waals surface area contributed by atoms with Gasteiger partial charge < -0.3 is 14.8 Å². The van der Waals surface area contributed by atoms with Crippen molar-refractivity contribution in [2.45, 2.75) is 19.9 Å². The number of benzene rings is 2. The van der Waals surface area contributed by atoms with Crippen LogP contribution >= 0.6 is 0 Å². The van der Waals surface area contributed by atoms with Gasteiger partial charge in [-0.3, -0.25) is 0 Å². The normalized spacial score (nSPS) is 10.4. The Labute approximate surface area is 163 Å². The summed E-state index contributed by atoms with van der Waals surface area (Å²) in [5.74, 6) is 1.22. The molecule has 0 radical (unpaired) electrons. The van der Waals surface area contributed by atoms with E-state index in [0.717, 1.165) is 12.0 Å². The van der Waals surface area contributed by atoms with Crippen molar-refractivity contribution in [1.82, 2.24) is 14.9 Å². The summed E-state index contributed by atoms with van der Waals surface area (Å²) in [7, 11) is 3.16. The summed E-state index contributed by atoms with van der Waals surface area (Å²) in [6.07, 6.45) is 3.89. The number of nitrogens with one attached hydrogen (secondary N) is 1. The minimum absolute atomic E-state index is 0.289. The van der Waals surface area contributed by atoms with Crippen LogP contribution in [-0.2, 0) is 13.0 Å². The monoisotopic (exact) mass is 381 g/mol. The first-order chi connectivity index (χ1) is 13.6. The lowest BCUT2D eigenvalue weighted by Gasteiger charge is -2.23. The molecule has 0 saturated heterocycles. The molecule has 0 fully saturated rings. The average Bonchev–Trinajstić information content (AvgIpc) is 3.26. The number of urea groups is 1. The predicted molar refractivity (Wildman–Crippen MR) is 106 cm³/mol. The molecule has 8 nitrogen and oxygen atoms in total. The first-order valence-electron chi connectivity index (χ1n) is 8.88. The molecule has 3 aromatic rings. The van der Waals surface area contributed by atoms with E-state index in [1.165, 1.54) is 27.9 Å². The number of methoxy groups -OCH3 is 2. The number of carbonyl (C=O) groups excluding carboxylic acids is 1. The fraction of sp³-hybridized carbons (Fsp3) is 0.250. The van der Waals surface area contributed by atoms with Crippen LogP contribution in [0, 0.1) is 0 Å². The summed E-state index contributed by atoms with van der Waals surface area (Å²) in [5.41, 5.74) is 2.79. The fourth-order valence-corrected chi connectivity index (χ4v) is 2.74. The number of amides is 2. The standard InChI is InChI=1S/C20H23N5O3/c1-4-15-5-8-17(9-6-15)23-20(26)25(24-13-21-22-14-24)12-16-7-10-18(27-2)19(11-16)28-3/h5-11,13-14H,4,12H2,1-3H3,(H,23,26). The Morgan fingerprint density at radius 3 is 2.25 bits per heavy atom. The maximum absolute atomic E-state index is 12.9. The van der Waals surface area contributed by atoms with Crippen LogP contribution in [0.3, 0.4) is 0 Å². The van der Waals surface area contributed by atoms with E-state index in [1.807, 2.05) is 36.4 Å². The fourth-order valence-electron chi connectivity index (χ4n) is 2.74. The zero-order valence-electron chi connectivity index (χ0n) is 16.1. The topological polar surface area (TPSA) is 81.5 Å². The van der Waals surface area contributed by atoms with Gasteiger partial charge in [0.25, 0.3) is 0 Å². The predicted octanol–water partition coefficient (Wildman–Crippen LogP) is 3.23. The lowest BCUT2D eigenvalue weighted by atomic mass is 10.1. The highest BCUT2D eigenvalue weighted by atomic mass is 16.5.